The molecule has 6 rings (SSSR count). The Morgan fingerprint density at radius 2 is 1.83 bits per heavy atom. The molecule has 2 fully saturated rings. The van der Waals surface area contributed by atoms with Crippen LogP contribution in [0, 0.1) is 0 Å². The van der Waals surface area contributed by atoms with Gasteiger partial charge in [0.05, 0.1) is 42.0 Å². The summed E-state index contributed by atoms with van der Waals surface area (Å²) in [4.78, 5) is 11.1. The second-order valence-electron chi connectivity index (χ2n) is 9.10. The van der Waals surface area contributed by atoms with E-state index in [-0.39, 0.29) is 5.60 Å². The standard InChI is InChI=1S/C22H27N5O2S/c1-22(2)11-14-15(13-29-22)20(27-7-9-28-10-8-27)24-21-17(14)18-19(30-21)16(12-23-25-18)26-5-3-4-6-26/h12H,3-11,13H2,1-2H3. The fraction of sp³-hybridized carbons (Fsp3) is 0.591. The summed E-state index contributed by atoms with van der Waals surface area (Å²) in [6, 6.07) is 0. The van der Waals surface area contributed by atoms with Crippen LogP contribution in [0.4, 0.5) is 11.5 Å². The first-order chi connectivity index (χ1) is 14.6. The van der Waals surface area contributed by atoms with E-state index in [0.717, 1.165) is 62.0 Å². The van der Waals surface area contributed by atoms with Crippen LogP contribution >= 0.6 is 11.3 Å². The predicted molar refractivity (Wildman–Crippen MR) is 120 cm³/mol. The molecule has 6 heterocycles. The van der Waals surface area contributed by atoms with Gasteiger partial charge in [-0.05, 0) is 32.3 Å². The van der Waals surface area contributed by atoms with Gasteiger partial charge in [-0.25, -0.2) is 4.98 Å². The number of ether oxygens (including phenoxy) is 2. The number of rotatable bonds is 2. The Labute approximate surface area is 180 Å². The van der Waals surface area contributed by atoms with Crippen LogP contribution in [0.5, 0.6) is 0 Å². The summed E-state index contributed by atoms with van der Waals surface area (Å²) in [5, 5.41) is 10.2. The number of fused-ring (bicyclic) bond motifs is 5. The SMILES string of the molecule is CC1(C)Cc2c(c(N3CCOCC3)nc3sc4c(N5CCCC5)cnnc4c23)CO1. The minimum atomic E-state index is -0.197. The maximum Gasteiger partial charge on any atom is 0.136 e. The van der Waals surface area contributed by atoms with E-state index in [1.54, 1.807) is 11.3 Å². The Kier molecular flexibility index (Phi) is 4.37. The van der Waals surface area contributed by atoms with E-state index >= 15 is 0 Å². The normalized spacial score (nSPS) is 21.5. The molecule has 7 nitrogen and oxygen atoms in total. The van der Waals surface area contributed by atoms with Gasteiger partial charge in [0.1, 0.15) is 16.2 Å². The van der Waals surface area contributed by atoms with Crippen LogP contribution in [-0.4, -0.2) is 60.2 Å². The fourth-order valence-corrected chi connectivity index (χ4v) is 6.16. The number of nitrogens with zero attached hydrogens (tertiary/aromatic N) is 5. The second kappa shape index (κ2) is 7.00. The summed E-state index contributed by atoms with van der Waals surface area (Å²) >= 11 is 1.77. The highest BCUT2D eigenvalue weighted by Gasteiger charge is 2.33. The van der Waals surface area contributed by atoms with Gasteiger partial charge in [0.15, 0.2) is 0 Å². The van der Waals surface area contributed by atoms with E-state index < -0.39 is 0 Å². The molecule has 3 aromatic heterocycles. The van der Waals surface area contributed by atoms with Gasteiger partial charge in [-0.1, -0.05) is 0 Å². The Morgan fingerprint density at radius 3 is 2.63 bits per heavy atom. The Balaban J connectivity index is 1.61. The van der Waals surface area contributed by atoms with Crippen molar-refractivity contribution < 1.29 is 9.47 Å². The van der Waals surface area contributed by atoms with Crippen molar-refractivity contribution in [2.24, 2.45) is 0 Å². The third-order valence-corrected chi connectivity index (χ3v) is 7.64. The summed E-state index contributed by atoms with van der Waals surface area (Å²) in [5.41, 5.74) is 4.59. The summed E-state index contributed by atoms with van der Waals surface area (Å²) < 4.78 is 13.0. The van der Waals surface area contributed by atoms with Gasteiger partial charge in [-0.15, -0.1) is 16.4 Å². The van der Waals surface area contributed by atoms with E-state index in [1.165, 1.54) is 39.7 Å². The minimum Gasteiger partial charge on any atom is -0.378 e. The van der Waals surface area contributed by atoms with Crippen molar-refractivity contribution in [3.8, 4) is 0 Å². The van der Waals surface area contributed by atoms with E-state index in [4.69, 9.17) is 14.5 Å². The lowest BCUT2D eigenvalue weighted by molar-refractivity contribution is -0.0396. The van der Waals surface area contributed by atoms with Gasteiger partial charge < -0.3 is 19.3 Å². The lowest BCUT2D eigenvalue weighted by Gasteiger charge is -2.36. The van der Waals surface area contributed by atoms with Gasteiger partial charge >= 0.3 is 0 Å². The molecule has 0 saturated carbocycles. The third kappa shape index (κ3) is 2.96. The molecule has 0 amide bonds. The van der Waals surface area contributed by atoms with E-state index in [9.17, 15) is 0 Å². The first kappa shape index (κ1) is 18.7. The van der Waals surface area contributed by atoms with Crippen LogP contribution in [0.15, 0.2) is 6.20 Å². The van der Waals surface area contributed by atoms with Crippen LogP contribution in [0.2, 0.25) is 0 Å². The number of hydrogen-bond acceptors (Lipinski definition) is 8. The minimum absolute atomic E-state index is 0.197. The van der Waals surface area contributed by atoms with Crippen molar-refractivity contribution in [2.45, 2.75) is 45.3 Å². The molecule has 0 unspecified atom stereocenters. The number of aromatic nitrogens is 3. The average Bonchev–Trinajstić information content (AvgIpc) is 3.41. The summed E-state index contributed by atoms with van der Waals surface area (Å²) in [6.07, 6.45) is 5.29. The lowest BCUT2D eigenvalue weighted by Crippen LogP contribution is -2.39. The van der Waals surface area contributed by atoms with Crippen LogP contribution < -0.4 is 9.80 Å². The number of morpholine rings is 1. The number of thiophene rings is 1. The molecule has 8 heteroatoms. The Hall–Kier alpha value is -2.03. The first-order valence-corrected chi connectivity index (χ1v) is 11.7. The van der Waals surface area contributed by atoms with Crippen molar-refractivity contribution in [1.29, 1.82) is 0 Å². The van der Waals surface area contributed by atoms with Gasteiger partial charge in [0.2, 0.25) is 0 Å². The van der Waals surface area contributed by atoms with Crippen LogP contribution in [0.3, 0.4) is 0 Å². The van der Waals surface area contributed by atoms with Gasteiger partial charge in [0.25, 0.3) is 0 Å². The molecule has 0 atom stereocenters. The van der Waals surface area contributed by atoms with Crippen molar-refractivity contribution >= 4 is 43.3 Å². The predicted octanol–water partition coefficient (Wildman–Crippen LogP) is 3.53. The summed E-state index contributed by atoms with van der Waals surface area (Å²) in [7, 11) is 0. The summed E-state index contributed by atoms with van der Waals surface area (Å²) in [5.74, 6) is 1.07. The first-order valence-electron chi connectivity index (χ1n) is 10.9. The number of hydrogen-bond donors (Lipinski definition) is 0. The zero-order valence-electron chi connectivity index (χ0n) is 17.6. The molecule has 0 N–H and O–H groups in total. The highest BCUT2D eigenvalue weighted by atomic mass is 32.1. The van der Waals surface area contributed by atoms with Crippen molar-refractivity contribution in [3.63, 3.8) is 0 Å². The van der Waals surface area contributed by atoms with E-state index in [0.29, 0.717) is 6.61 Å². The van der Waals surface area contributed by atoms with Crippen molar-refractivity contribution in [3.05, 3.63) is 17.3 Å². The molecule has 0 aliphatic carbocycles. The molecule has 0 aromatic carbocycles. The van der Waals surface area contributed by atoms with Crippen molar-refractivity contribution in [2.75, 3.05) is 49.2 Å². The fourth-order valence-electron chi connectivity index (χ4n) is 4.99. The highest BCUT2D eigenvalue weighted by Crippen LogP contribution is 2.45. The molecule has 158 valence electrons. The zero-order chi connectivity index (χ0) is 20.3. The molecule has 2 saturated heterocycles. The second-order valence-corrected chi connectivity index (χ2v) is 10.1. The Morgan fingerprint density at radius 1 is 1.03 bits per heavy atom. The smallest absolute Gasteiger partial charge is 0.136 e. The van der Waals surface area contributed by atoms with E-state index in [2.05, 4.69) is 33.8 Å². The maximum absolute atomic E-state index is 6.23. The largest absolute Gasteiger partial charge is 0.378 e. The monoisotopic (exact) mass is 425 g/mol. The molecule has 30 heavy (non-hydrogen) atoms. The molecular formula is C22H27N5O2S. The molecule has 0 spiro atoms. The van der Waals surface area contributed by atoms with E-state index in [1.807, 2.05) is 6.20 Å². The van der Waals surface area contributed by atoms with Gasteiger partial charge in [-0.3, -0.25) is 0 Å². The van der Waals surface area contributed by atoms with Crippen LogP contribution in [-0.2, 0) is 22.5 Å². The molecule has 3 aliphatic rings. The van der Waals surface area contributed by atoms with Gasteiger partial charge in [0, 0.05) is 43.5 Å². The summed E-state index contributed by atoms with van der Waals surface area (Å²) in [6.45, 7) is 10.4. The zero-order valence-corrected chi connectivity index (χ0v) is 18.4. The number of anilines is 2. The highest BCUT2D eigenvalue weighted by molar-refractivity contribution is 7.26. The third-order valence-electron chi connectivity index (χ3n) is 6.55. The van der Waals surface area contributed by atoms with Crippen molar-refractivity contribution in [1.82, 2.24) is 15.2 Å². The average molecular weight is 426 g/mol. The lowest BCUT2D eigenvalue weighted by atomic mass is 9.90. The molecule has 3 aromatic rings. The Bertz CT molecular complexity index is 1120. The maximum atomic E-state index is 6.23. The van der Waals surface area contributed by atoms with Gasteiger partial charge in [-0.2, -0.15) is 5.10 Å². The van der Waals surface area contributed by atoms with Crippen LogP contribution in [0.1, 0.15) is 37.8 Å². The molecule has 0 bridgehead atoms. The molecule has 0 radical (unpaired) electrons. The molecular weight excluding hydrogens is 398 g/mol. The molecule has 3 aliphatic heterocycles. The van der Waals surface area contributed by atoms with Crippen LogP contribution in [0.25, 0.3) is 20.4 Å². The quantitative estimate of drug-likeness (QED) is 0.622. The number of pyridine rings is 1. The topological polar surface area (TPSA) is 63.6 Å².